The van der Waals surface area contributed by atoms with Crippen molar-refractivity contribution in [2.45, 2.75) is 30.6 Å². The first-order chi connectivity index (χ1) is 16.7. The van der Waals surface area contributed by atoms with Crippen LogP contribution in [0.25, 0.3) is 5.69 Å². The number of thiophene rings is 1. The molecule has 1 aliphatic heterocycles. The van der Waals surface area contributed by atoms with Gasteiger partial charge in [-0.2, -0.15) is 0 Å². The molecule has 4 aromatic rings. The van der Waals surface area contributed by atoms with Crippen molar-refractivity contribution in [3.8, 4) is 5.69 Å². The Morgan fingerprint density at radius 1 is 1.03 bits per heavy atom. The number of carbonyl (C=O) groups is 1. The Bertz CT molecular complexity index is 1190. The van der Waals surface area contributed by atoms with Gasteiger partial charge in [-0.3, -0.25) is 14.3 Å². The van der Waals surface area contributed by atoms with Crippen molar-refractivity contribution in [1.82, 2.24) is 25.0 Å². The van der Waals surface area contributed by atoms with E-state index < -0.39 is 0 Å². The predicted octanol–water partition coefficient (Wildman–Crippen LogP) is 4.40. The number of para-hydroxylation sites is 1. The third kappa shape index (κ3) is 5.75. The normalized spacial score (nSPS) is 16.1. The van der Waals surface area contributed by atoms with Gasteiger partial charge in [-0.1, -0.05) is 66.4 Å². The number of benzene rings is 2. The third-order valence-electron chi connectivity index (χ3n) is 5.85. The van der Waals surface area contributed by atoms with E-state index in [2.05, 4.69) is 60.7 Å². The minimum atomic E-state index is 0.0407. The van der Waals surface area contributed by atoms with E-state index in [1.807, 2.05) is 42.5 Å². The van der Waals surface area contributed by atoms with Crippen LogP contribution in [0.1, 0.15) is 22.7 Å². The molecule has 0 saturated carbocycles. The van der Waals surface area contributed by atoms with Crippen LogP contribution < -0.4 is 5.32 Å². The lowest BCUT2D eigenvalue weighted by Gasteiger charge is -2.17. The molecule has 0 radical (unpaired) electrons. The third-order valence-corrected chi connectivity index (χ3v) is 7.65. The first-order valence-corrected chi connectivity index (χ1v) is 13.3. The van der Waals surface area contributed by atoms with Gasteiger partial charge in [0, 0.05) is 42.7 Å². The van der Waals surface area contributed by atoms with Gasteiger partial charge in [-0.15, -0.1) is 21.5 Å². The van der Waals surface area contributed by atoms with E-state index in [0.29, 0.717) is 12.2 Å². The van der Waals surface area contributed by atoms with E-state index in [-0.39, 0.29) is 11.9 Å². The van der Waals surface area contributed by atoms with Crippen LogP contribution in [0, 0.1) is 0 Å². The van der Waals surface area contributed by atoms with Gasteiger partial charge in [0.15, 0.2) is 5.16 Å². The van der Waals surface area contributed by atoms with Crippen molar-refractivity contribution < 1.29 is 4.79 Å². The summed E-state index contributed by atoms with van der Waals surface area (Å²) >= 11 is 3.15. The van der Waals surface area contributed by atoms with Gasteiger partial charge in [0.25, 0.3) is 0 Å². The molecule has 1 fully saturated rings. The van der Waals surface area contributed by atoms with Crippen molar-refractivity contribution in [3.63, 3.8) is 0 Å². The first kappa shape index (κ1) is 22.8. The average Bonchev–Trinajstić information content (AvgIpc) is 3.62. The molecule has 0 spiro atoms. The maximum Gasteiger partial charge on any atom is 0.230 e. The van der Waals surface area contributed by atoms with Crippen LogP contribution >= 0.6 is 23.1 Å². The highest BCUT2D eigenvalue weighted by molar-refractivity contribution is 7.99. The van der Waals surface area contributed by atoms with E-state index in [9.17, 15) is 4.79 Å². The second-order valence-electron chi connectivity index (χ2n) is 8.39. The molecule has 5 rings (SSSR count). The monoisotopic (exact) mass is 489 g/mol. The van der Waals surface area contributed by atoms with Crippen molar-refractivity contribution >= 4 is 29.0 Å². The van der Waals surface area contributed by atoms with Gasteiger partial charge in [0.2, 0.25) is 5.91 Å². The fraction of sp³-hybridized carbons (Fsp3) is 0.269. The van der Waals surface area contributed by atoms with Crippen LogP contribution in [0.5, 0.6) is 0 Å². The number of nitrogens with zero attached hydrogens (tertiary/aromatic N) is 4. The molecule has 0 unspecified atom stereocenters. The first-order valence-electron chi connectivity index (χ1n) is 11.4. The molecule has 1 atom stereocenters. The second kappa shape index (κ2) is 11.0. The minimum Gasteiger partial charge on any atom is -0.351 e. The van der Waals surface area contributed by atoms with Crippen molar-refractivity contribution in [2.75, 3.05) is 18.8 Å². The lowest BCUT2D eigenvalue weighted by Crippen LogP contribution is -2.38. The standard InChI is InChI=1S/C26H27N5OS2/c32-25(27-21-13-14-30(18-21)17-20-8-3-1-4-9-20)19-34-26-29-28-24(16-23-12-7-15-33-23)31(26)22-10-5-2-6-11-22/h1-12,15,21H,13-14,16-19H2,(H,27,32)/t21-/m0/s1. The maximum atomic E-state index is 12.7. The molecule has 1 N–H and O–H groups in total. The summed E-state index contributed by atoms with van der Waals surface area (Å²) in [6, 6.07) is 24.9. The lowest BCUT2D eigenvalue weighted by atomic mass is 10.2. The zero-order chi connectivity index (χ0) is 23.2. The minimum absolute atomic E-state index is 0.0407. The van der Waals surface area contributed by atoms with Gasteiger partial charge < -0.3 is 5.32 Å². The predicted molar refractivity (Wildman–Crippen MR) is 137 cm³/mol. The highest BCUT2D eigenvalue weighted by atomic mass is 32.2. The topological polar surface area (TPSA) is 63.1 Å². The molecule has 2 aromatic carbocycles. The van der Waals surface area contributed by atoms with Crippen molar-refractivity contribution in [3.05, 3.63) is 94.4 Å². The summed E-state index contributed by atoms with van der Waals surface area (Å²) < 4.78 is 2.06. The summed E-state index contributed by atoms with van der Waals surface area (Å²) in [7, 11) is 0. The van der Waals surface area contributed by atoms with Crippen LogP contribution in [0.4, 0.5) is 0 Å². The van der Waals surface area contributed by atoms with Crippen LogP contribution in [0.15, 0.2) is 83.3 Å². The molecular weight excluding hydrogens is 462 g/mol. The Kier molecular flexibility index (Phi) is 7.38. The maximum absolute atomic E-state index is 12.7. The molecule has 0 bridgehead atoms. The smallest absolute Gasteiger partial charge is 0.230 e. The Labute approximate surface area is 208 Å². The molecule has 1 aliphatic rings. The number of nitrogens with one attached hydrogen (secondary N) is 1. The number of hydrogen-bond acceptors (Lipinski definition) is 6. The fourth-order valence-corrected chi connectivity index (χ4v) is 5.73. The van der Waals surface area contributed by atoms with Crippen molar-refractivity contribution in [1.29, 1.82) is 0 Å². The Morgan fingerprint density at radius 3 is 2.59 bits per heavy atom. The number of likely N-dealkylation sites (tertiary alicyclic amines) is 1. The Balaban J connectivity index is 1.19. The van der Waals surface area contributed by atoms with E-state index >= 15 is 0 Å². The van der Waals surface area contributed by atoms with Crippen LogP contribution in [0.2, 0.25) is 0 Å². The molecule has 3 heterocycles. The molecule has 2 aromatic heterocycles. The Hall–Kier alpha value is -2.94. The van der Waals surface area contributed by atoms with Gasteiger partial charge in [-0.25, -0.2) is 0 Å². The molecule has 1 amide bonds. The van der Waals surface area contributed by atoms with Gasteiger partial charge in [0.1, 0.15) is 5.82 Å². The van der Waals surface area contributed by atoms with Crippen LogP contribution in [0.3, 0.4) is 0 Å². The van der Waals surface area contributed by atoms with Gasteiger partial charge in [-0.05, 0) is 35.6 Å². The SMILES string of the molecule is O=C(CSc1nnc(Cc2cccs2)n1-c1ccccc1)N[C@H]1CCN(Cc2ccccc2)C1. The largest absolute Gasteiger partial charge is 0.351 e. The summed E-state index contributed by atoms with van der Waals surface area (Å²) in [6.45, 7) is 2.81. The molecule has 8 heteroatoms. The number of thioether (sulfide) groups is 1. The number of hydrogen-bond donors (Lipinski definition) is 1. The van der Waals surface area contributed by atoms with E-state index in [1.165, 1.54) is 22.2 Å². The number of amides is 1. The summed E-state index contributed by atoms with van der Waals surface area (Å²) in [4.78, 5) is 16.4. The molecule has 6 nitrogen and oxygen atoms in total. The number of rotatable bonds is 9. The number of carbonyl (C=O) groups excluding carboxylic acids is 1. The van der Waals surface area contributed by atoms with Crippen LogP contribution in [-0.2, 0) is 17.8 Å². The zero-order valence-electron chi connectivity index (χ0n) is 18.8. The van der Waals surface area contributed by atoms with Gasteiger partial charge >= 0.3 is 0 Å². The van der Waals surface area contributed by atoms with Crippen molar-refractivity contribution in [2.24, 2.45) is 0 Å². The number of aromatic nitrogens is 3. The quantitative estimate of drug-likeness (QED) is 0.353. The summed E-state index contributed by atoms with van der Waals surface area (Å²) in [6.07, 6.45) is 1.69. The highest BCUT2D eigenvalue weighted by Crippen LogP contribution is 2.24. The summed E-state index contributed by atoms with van der Waals surface area (Å²) in [5, 5.41) is 14.9. The molecule has 0 aliphatic carbocycles. The molecule has 1 saturated heterocycles. The Morgan fingerprint density at radius 2 is 1.82 bits per heavy atom. The zero-order valence-corrected chi connectivity index (χ0v) is 20.5. The molecule has 174 valence electrons. The van der Waals surface area contributed by atoms with E-state index in [0.717, 1.165) is 42.7 Å². The summed E-state index contributed by atoms with van der Waals surface area (Å²) in [5.41, 5.74) is 2.32. The molecule has 34 heavy (non-hydrogen) atoms. The fourth-order valence-electron chi connectivity index (χ4n) is 4.25. The van der Waals surface area contributed by atoms with E-state index in [4.69, 9.17) is 0 Å². The average molecular weight is 490 g/mol. The van der Waals surface area contributed by atoms with E-state index in [1.54, 1.807) is 11.3 Å². The summed E-state index contributed by atoms with van der Waals surface area (Å²) in [5.74, 6) is 1.24. The lowest BCUT2D eigenvalue weighted by molar-refractivity contribution is -0.119. The van der Waals surface area contributed by atoms with Gasteiger partial charge in [0.05, 0.1) is 5.75 Å². The molecular formula is C26H27N5OS2. The second-order valence-corrected chi connectivity index (χ2v) is 10.4. The highest BCUT2D eigenvalue weighted by Gasteiger charge is 2.24. The van der Waals surface area contributed by atoms with Crippen LogP contribution in [-0.4, -0.2) is 50.5 Å².